The Bertz CT molecular complexity index is 1000. The van der Waals surface area contributed by atoms with E-state index in [1.165, 1.54) is 36.8 Å². The first kappa shape index (κ1) is 24.1. The monoisotopic (exact) mass is 473 g/mol. The summed E-state index contributed by atoms with van der Waals surface area (Å²) in [5.41, 5.74) is 3.31. The zero-order valence-corrected chi connectivity index (χ0v) is 21.1. The number of rotatable bonds is 7. The lowest BCUT2D eigenvalue weighted by molar-refractivity contribution is -0.0250. The van der Waals surface area contributed by atoms with Crippen LogP contribution in [0.25, 0.3) is 0 Å². The standard InChI is InChI=1S/C30H39N3O2/c1-3-17-31-21-26-10-8-11-27(22-31)33(26)29(25-9-7-12-28(20-25)35-2)23-13-15-24(16-14-23)30(34)32-18-5-4-6-19-32/h3,7,9,12-16,20,26-27,29H,1,4-6,8,10-11,17-19,21-22H2,2H3. The number of amides is 1. The Morgan fingerprint density at radius 2 is 1.71 bits per heavy atom. The first-order valence-electron chi connectivity index (χ1n) is 13.3. The Labute approximate surface area is 210 Å². The Morgan fingerprint density at radius 1 is 1.00 bits per heavy atom. The summed E-state index contributed by atoms with van der Waals surface area (Å²) in [6.45, 7) is 8.85. The number of carbonyl (C=O) groups is 1. The summed E-state index contributed by atoms with van der Waals surface area (Å²) in [6.07, 6.45) is 9.22. The van der Waals surface area contributed by atoms with Crippen molar-refractivity contribution in [2.24, 2.45) is 0 Å². The maximum absolute atomic E-state index is 13.1. The van der Waals surface area contributed by atoms with E-state index in [0.717, 1.165) is 56.9 Å². The number of carbonyl (C=O) groups excluding carboxylic acids is 1. The number of fused-ring (bicyclic) bond motifs is 2. The van der Waals surface area contributed by atoms with Gasteiger partial charge in [0.2, 0.25) is 0 Å². The lowest BCUT2D eigenvalue weighted by Crippen LogP contribution is -2.61. The second-order valence-corrected chi connectivity index (χ2v) is 10.3. The van der Waals surface area contributed by atoms with Crippen LogP contribution in [0.5, 0.6) is 5.75 Å². The summed E-state index contributed by atoms with van der Waals surface area (Å²) in [7, 11) is 1.73. The molecule has 1 amide bonds. The van der Waals surface area contributed by atoms with E-state index < -0.39 is 0 Å². The van der Waals surface area contributed by atoms with Crippen LogP contribution < -0.4 is 4.74 Å². The van der Waals surface area contributed by atoms with Crippen LogP contribution in [-0.4, -0.2) is 72.5 Å². The number of piperidine rings is 2. The quantitative estimate of drug-likeness (QED) is 0.522. The second kappa shape index (κ2) is 11.0. The Kier molecular flexibility index (Phi) is 7.54. The van der Waals surface area contributed by atoms with Crippen molar-refractivity contribution >= 4 is 5.91 Å². The van der Waals surface area contributed by atoms with Gasteiger partial charge in [-0.2, -0.15) is 0 Å². The average Bonchev–Trinajstić information content (AvgIpc) is 2.90. The Hall–Kier alpha value is -2.63. The molecule has 3 saturated heterocycles. The molecule has 3 unspecified atom stereocenters. The van der Waals surface area contributed by atoms with Gasteiger partial charge >= 0.3 is 0 Å². The molecule has 3 heterocycles. The SMILES string of the molecule is C=CCN1CC2CCCC(C1)N2C(c1ccc(C(=O)N2CCCCC2)cc1)c1cccc(OC)c1. The number of piperazine rings is 1. The third-order valence-electron chi connectivity index (χ3n) is 8.07. The first-order chi connectivity index (χ1) is 17.2. The fourth-order valence-corrected chi connectivity index (χ4v) is 6.42. The van der Waals surface area contributed by atoms with Crippen LogP contribution in [0.15, 0.2) is 61.2 Å². The molecule has 2 aromatic carbocycles. The number of ether oxygens (including phenoxy) is 1. The molecule has 0 spiro atoms. The lowest BCUT2D eigenvalue weighted by atomic mass is 9.85. The van der Waals surface area contributed by atoms with Gasteiger partial charge in [-0.3, -0.25) is 14.6 Å². The van der Waals surface area contributed by atoms with E-state index in [9.17, 15) is 4.79 Å². The van der Waals surface area contributed by atoms with Crippen LogP contribution in [0, 0.1) is 0 Å². The fourth-order valence-electron chi connectivity index (χ4n) is 6.42. The van der Waals surface area contributed by atoms with Crippen LogP contribution in [-0.2, 0) is 0 Å². The molecule has 3 aliphatic rings. The average molecular weight is 474 g/mol. The number of hydrogen-bond acceptors (Lipinski definition) is 4. The van der Waals surface area contributed by atoms with Crippen molar-refractivity contribution in [3.8, 4) is 5.75 Å². The van der Waals surface area contributed by atoms with Gasteiger partial charge in [0, 0.05) is 50.4 Å². The molecular weight excluding hydrogens is 434 g/mol. The molecule has 3 aliphatic heterocycles. The largest absolute Gasteiger partial charge is 0.497 e. The van der Waals surface area contributed by atoms with Crippen LogP contribution in [0.2, 0.25) is 0 Å². The zero-order valence-electron chi connectivity index (χ0n) is 21.1. The third-order valence-corrected chi connectivity index (χ3v) is 8.07. The van der Waals surface area contributed by atoms with Gasteiger partial charge in [-0.15, -0.1) is 6.58 Å². The summed E-state index contributed by atoms with van der Waals surface area (Å²) >= 11 is 0. The number of hydrogen-bond donors (Lipinski definition) is 0. The van der Waals surface area contributed by atoms with Crippen molar-refractivity contribution in [3.05, 3.63) is 77.9 Å². The third kappa shape index (κ3) is 5.17. The molecule has 2 aromatic rings. The fraction of sp³-hybridized carbons (Fsp3) is 0.500. The highest BCUT2D eigenvalue weighted by atomic mass is 16.5. The van der Waals surface area contributed by atoms with Gasteiger partial charge < -0.3 is 9.64 Å². The highest BCUT2D eigenvalue weighted by Gasteiger charge is 2.41. The molecule has 0 aliphatic carbocycles. The maximum Gasteiger partial charge on any atom is 0.253 e. The summed E-state index contributed by atoms with van der Waals surface area (Å²) in [5.74, 6) is 1.06. The number of benzene rings is 2. The van der Waals surface area contributed by atoms with Crippen LogP contribution in [0.1, 0.15) is 66.1 Å². The molecule has 5 rings (SSSR count). The first-order valence-corrected chi connectivity index (χ1v) is 13.3. The van der Waals surface area contributed by atoms with Crippen LogP contribution in [0.3, 0.4) is 0 Å². The zero-order chi connectivity index (χ0) is 24.2. The predicted octanol–water partition coefficient (Wildman–Crippen LogP) is 5.14. The normalized spacial score (nSPS) is 24.1. The highest BCUT2D eigenvalue weighted by molar-refractivity contribution is 5.94. The molecule has 3 fully saturated rings. The van der Waals surface area contributed by atoms with Gasteiger partial charge in [0.05, 0.1) is 13.2 Å². The Morgan fingerprint density at radius 3 is 2.37 bits per heavy atom. The summed E-state index contributed by atoms with van der Waals surface area (Å²) in [6, 6.07) is 18.2. The molecule has 5 nitrogen and oxygen atoms in total. The maximum atomic E-state index is 13.1. The van der Waals surface area contributed by atoms with Crippen molar-refractivity contribution in [2.45, 2.75) is 56.7 Å². The lowest BCUT2D eigenvalue weighted by Gasteiger charge is -2.53. The van der Waals surface area contributed by atoms with Gasteiger partial charge in [-0.25, -0.2) is 0 Å². The number of likely N-dealkylation sites (tertiary alicyclic amines) is 2. The van der Waals surface area contributed by atoms with Gasteiger partial charge in [0.25, 0.3) is 5.91 Å². The van der Waals surface area contributed by atoms with Gasteiger partial charge in [0.1, 0.15) is 5.75 Å². The summed E-state index contributed by atoms with van der Waals surface area (Å²) in [4.78, 5) is 20.4. The van der Waals surface area contributed by atoms with Crippen LogP contribution in [0.4, 0.5) is 0 Å². The Balaban J connectivity index is 1.47. The molecule has 2 bridgehead atoms. The molecule has 0 aromatic heterocycles. The van der Waals surface area contributed by atoms with E-state index in [-0.39, 0.29) is 11.9 Å². The second-order valence-electron chi connectivity index (χ2n) is 10.3. The minimum absolute atomic E-state index is 0.144. The van der Waals surface area contributed by atoms with Gasteiger partial charge in [0.15, 0.2) is 0 Å². The number of nitrogens with zero attached hydrogens (tertiary/aromatic N) is 3. The van der Waals surface area contributed by atoms with E-state index in [0.29, 0.717) is 12.1 Å². The van der Waals surface area contributed by atoms with E-state index in [1.807, 2.05) is 29.2 Å². The molecule has 3 atom stereocenters. The molecule has 5 heteroatoms. The molecule has 35 heavy (non-hydrogen) atoms. The smallest absolute Gasteiger partial charge is 0.253 e. The topological polar surface area (TPSA) is 36.0 Å². The van der Waals surface area contributed by atoms with E-state index in [4.69, 9.17) is 4.74 Å². The predicted molar refractivity (Wildman–Crippen MR) is 141 cm³/mol. The van der Waals surface area contributed by atoms with Gasteiger partial charge in [-0.1, -0.05) is 36.8 Å². The molecule has 0 saturated carbocycles. The highest BCUT2D eigenvalue weighted by Crippen LogP contribution is 2.40. The van der Waals surface area contributed by atoms with Crippen molar-refractivity contribution in [1.82, 2.24) is 14.7 Å². The van der Waals surface area contributed by atoms with E-state index >= 15 is 0 Å². The summed E-state index contributed by atoms with van der Waals surface area (Å²) < 4.78 is 5.60. The summed E-state index contributed by atoms with van der Waals surface area (Å²) in [5, 5.41) is 0. The molecular formula is C30H39N3O2. The molecule has 186 valence electrons. The van der Waals surface area contributed by atoms with Crippen molar-refractivity contribution in [2.75, 3.05) is 39.8 Å². The van der Waals surface area contributed by atoms with Crippen LogP contribution >= 0.6 is 0 Å². The van der Waals surface area contributed by atoms with E-state index in [1.54, 1.807) is 7.11 Å². The van der Waals surface area contributed by atoms with Gasteiger partial charge in [-0.05, 0) is 67.5 Å². The molecule has 0 radical (unpaired) electrons. The van der Waals surface area contributed by atoms with Crippen molar-refractivity contribution in [3.63, 3.8) is 0 Å². The molecule has 0 N–H and O–H groups in total. The van der Waals surface area contributed by atoms with E-state index in [2.05, 4.69) is 46.7 Å². The van der Waals surface area contributed by atoms with Crippen molar-refractivity contribution < 1.29 is 9.53 Å². The van der Waals surface area contributed by atoms with Crippen molar-refractivity contribution in [1.29, 1.82) is 0 Å². The minimum Gasteiger partial charge on any atom is -0.497 e. The number of methoxy groups -OCH3 is 1. The minimum atomic E-state index is 0.144.